The van der Waals surface area contributed by atoms with Crippen LogP contribution in [0.4, 0.5) is 0 Å². The molecule has 0 aliphatic heterocycles. The Labute approximate surface area is 86.8 Å². The maximum Gasteiger partial charge on any atom is 0.0599 e. The number of aromatic nitrogens is 1. The average molecular weight is 192 g/mol. The first-order valence-electron chi connectivity index (χ1n) is 5.02. The topological polar surface area (TPSA) is 24.9 Å². The lowest BCUT2D eigenvalue weighted by Crippen LogP contribution is -2.48. The Bertz CT molecular complexity index is 283. The third-order valence-electron chi connectivity index (χ3n) is 1.99. The molecule has 1 heterocycles. The highest BCUT2D eigenvalue weighted by molar-refractivity contribution is 5.14. The van der Waals surface area contributed by atoms with Crippen LogP contribution in [-0.4, -0.2) is 10.5 Å². The van der Waals surface area contributed by atoms with Crippen LogP contribution in [0.3, 0.4) is 0 Å². The van der Waals surface area contributed by atoms with Crippen LogP contribution >= 0.6 is 0 Å². The Morgan fingerprint density at radius 3 is 2.14 bits per heavy atom. The molecule has 0 fully saturated rings. The van der Waals surface area contributed by atoms with Gasteiger partial charge in [0.15, 0.2) is 0 Å². The zero-order chi connectivity index (χ0) is 10.8. The molecule has 0 amide bonds. The van der Waals surface area contributed by atoms with Gasteiger partial charge in [0.05, 0.1) is 11.2 Å². The van der Waals surface area contributed by atoms with E-state index in [9.17, 15) is 0 Å². The average Bonchev–Trinajstić information content (AvgIpc) is 2.01. The molecule has 1 rings (SSSR count). The van der Waals surface area contributed by atoms with E-state index in [2.05, 4.69) is 51.0 Å². The number of hydrogen-bond donors (Lipinski definition) is 1. The van der Waals surface area contributed by atoms with Gasteiger partial charge in [-0.2, -0.15) is 0 Å². The molecule has 0 atom stereocenters. The van der Waals surface area contributed by atoms with Crippen LogP contribution in [0.1, 0.15) is 40.3 Å². The first-order chi connectivity index (χ1) is 6.31. The maximum atomic E-state index is 4.37. The van der Waals surface area contributed by atoms with Crippen molar-refractivity contribution in [2.75, 3.05) is 0 Å². The molecule has 2 heteroatoms. The Balaban J connectivity index is 2.86. The van der Waals surface area contributed by atoms with Gasteiger partial charge in [-0.1, -0.05) is 6.07 Å². The fourth-order valence-corrected chi connectivity index (χ4v) is 1.73. The summed E-state index contributed by atoms with van der Waals surface area (Å²) in [7, 11) is 0. The third kappa shape index (κ3) is 3.11. The largest absolute Gasteiger partial charge is 0.302 e. The number of rotatable bonds is 2. The minimum atomic E-state index is -0.0838. The SMILES string of the molecule is CC(C)(C)NC(C)(C)c1ccccn1. The van der Waals surface area contributed by atoms with Crippen molar-refractivity contribution in [2.45, 2.75) is 45.7 Å². The molecule has 78 valence electrons. The summed E-state index contributed by atoms with van der Waals surface area (Å²) >= 11 is 0. The molecular weight excluding hydrogens is 172 g/mol. The Morgan fingerprint density at radius 2 is 1.71 bits per heavy atom. The van der Waals surface area contributed by atoms with Crippen LogP contribution in [0.15, 0.2) is 24.4 Å². The highest BCUT2D eigenvalue weighted by atomic mass is 15.0. The van der Waals surface area contributed by atoms with Gasteiger partial charge in [0.2, 0.25) is 0 Å². The van der Waals surface area contributed by atoms with Crippen molar-refractivity contribution < 1.29 is 0 Å². The lowest BCUT2D eigenvalue weighted by molar-refractivity contribution is 0.281. The van der Waals surface area contributed by atoms with Gasteiger partial charge in [0, 0.05) is 11.7 Å². The molecule has 0 saturated heterocycles. The number of nitrogens with one attached hydrogen (secondary N) is 1. The van der Waals surface area contributed by atoms with E-state index in [1.54, 1.807) is 0 Å². The first-order valence-corrected chi connectivity index (χ1v) is 5.02. The predicted octanol–water partition coefficient (Wildman–Crippen LogP) is 2.70. The summed E-state index contributed by atoms with van der Waals surface area (Å²) in [6.07, 6.45) is 1.83. The molecule has 0 radical (unpaired) electrons. The van der Waals surface area contributed by atoms with Gasteiger partial charge in [-0.25, -0.2) is 0 Å². The first kappa shape index (κ1) is 11.2. The van der Waals surface area contributed by atoms with E-state index in [4.69, 9.17) is 0 Å². The highest BCUT2D eigenvalue weighted by Gasteiger charge is 2.26. The summed E-state index contributed by atoms with van der Waals surface area (Å²) < 4.78 is 0. The minimum Gasteiger partial charge on any atom is -0.302 e. The molecule has 0 saturated carbocycles. The molecule has 2 nitrogen and oxygen atoms in total. The van der Waals surface area contributed by atoms with E-state index in [1.165, 1.54) is 0 Å². The van der Waals surface area contributed by atoms with E-state index in [1.807, 2.05) is 18.3 Å². The summed E-state index contributed by atoms with van der Waals surface area (Å²) in [6.45, 7) is 10.8. The van der Waals surface area contributed by atoms with Crippen molar-refractivity contribution in [1.82, 2.24) is 10.3 Å². The van der Waals surface area contributed by atoms with Gasteiger partial charge in [0.25, 0.3) is 0 Å². The number of hydrogen-bond acceptors (Lipinski definition) is 2. The zero-order valence-corrected chi connectivity index (χ0v) is 9.76. The van der Waals surface area contributed by atoms with E-state index in [0.29, 0.717) is 0 Å². The highest BCUT2D eigenvalue weighted by Crippen LogP contribution is 2.20. The second-order valence-electron chi connectivity index (χ2n) is 5.21. The van der Waals surface area contributed by atoms with Crippen LogP contribution in [0, 0.1) is 0 Å². The Morgan fingerprint density at radius 1 is 1.07 bits per heavy atom. The fraction of sp³-hybridized carbons (Fsp3) is 0.583. The van der Waals surface area contributed by atoms with Crippen molar-refractivity contribution in [1.29, 1.82) is 0 Å². The van der Waals surface area contributed by atoms with Crippen LogP contribution < -0.4 is 5.32 Å². The minimum absolute atomic E-state index is 0.0838. The van der Waals surface area contributed by atoms with Crippen LogP contribution in [0.25, 0.3) is 0 Å². The monoisotopic (exact) mass is 192 g/mol. The summed E-state index contributed by atoms with van der Waals surface area (Å²) in [6, 6.07) is 6.02. The normalized spacial score (nSPS) is 12.9. The van der Waals surface area contributed by atoms with Crippen molar-refractivity contribution in [3.05, 3.63) is 30.1 Å². The van der Waals surface area contributed by atoms with E-state index in [0.717, 1.165) is 5.69 Å². The number of nitrogens with zero attached hydrogens (tertiary/aromatic N) is 1. The van der Waals surface area contributed by atoms with Crippen molar-refractivity contribution >= 4 is 0 Å². The maximum absolute atomic E-state index is 4.37. The predicted molar refractivity (Wildman–Crippen MR) is 60.2 cm³/mol. The smallest absolute Gasteiger partial charge is 0.0599 e. The molecule has 0 aliphatic carbocycles. The molecular formula is C12H20N2. The van der Waals surface area contributed by atoms with E-state index >= 15 is 0 Å². The molecule has 0 aromatic carbocycles. The van der Waals surface area contributed by atoms with Crippen LogP contribution in [0.2, 0.25) is 0 Å². The molecule has 1 aromatic heterocycles. The molecule has 1 N–H and O–H groups in total. The van der Waals surface area contributed by atoms with Crippen LogP contribution in [0.5, 0.6) is 0 Å². The van der Waals surface area contributed by atoms with Gasteiger partial charge in [0.1, 0.15) is 0 Å². The molecule has 0 bridgehead atoms. The van der Waals surface area contributed by atoms with Gasteiger partial charge >= 0.3 is 0 Å². The molecule has 0 aliphatic rings. The molecule has 14 heavy (non-hydrogen) atoms. The van der Waals surface area contributed by atoms with Gasteiger partial charge in [-0.05, 0) is 46.8 Å². The molecule has 0 spiro atoms. The van der Waals surface area contributed by atoms with Crippen molar-refractivity contribution in [2.24, 2.45) is 0 Å². The Hall–Kier alpha value is -0.890. The Kier molecular flexibility index (Phi) is 2.95. The van der Waals surface area contributed by atoms with Crippen molar-refractivity contribution in [3.8, 4) is 0 Å². The standard InChI is InChI=1S/C12H20N2/c1-11(2,3)14-12(4,5)10-8-6-7-9-13-10/h6-9,14H,1-5H3. The van der Waals surface area contributed by atoms with Gasteiger partial charge in [-0.3, -0.25) is 4.98 Å². The summed E-state index contributed by atoms with van der Waals surface area (Å²) in [5.41, 5.74) is 1.09. The third-order valence-corrected chi connectivity index (χ3v) is 1.99. The van der Waals surface area contributed by atoms with Crippen LogP contribution in [-0.2, 0) is 5.54 Å². The van der Waals surface area contributed by atoms with Crippen molar-refractivity contribution in [3.63, 3.8) is 0 Å². The molecule has 0 unspecified atom stereocenters. The van der Waals surface area contributed by atoms with E-state index < -0.39 is 0 Å². The second-order valence-corrected chi connectivity index (χ2v) is 5.21. The summed E-state index contributed by atoms with van der Waals surface area (Å²) in [5.74, 6) is 0. The lowest BCUT2D eigenvalue weighted by Gasteiger charge is -2.34. The number of pyridine rings is 1. The second kappa shape index (κ2) is 3.70. The van der Waals surface area contributed by atoms with E-state index in [-0.39, 0.29) is 11.1 Å². The summed E-state index contributed by atoms with van der Waals surface area (Å²) in [5, 5.41) is 3.55. The summed E-state index contributed by atoms with van der Waals surface area (Å²) in [4.78, 5) is 4.37. The molecule has 1 aromatic rings. The van der Waals surface area contributed by atoms with Gasteiger partial charge < -0.3 is 5.32 Å². The lowest BCUT2D eigenvalue weighted by atomic mass is 9.95. The quantitative estimate of drug-likeness (QED) is 0.779. The zero-order valence-electron chi connectivity index (χ0n) is 9.76. The van der Waals surface area contributed by atoms with Gasteiger partial charge in [-0.15, -0.1) is 0 Å². The fourth-order valence-electron chi connectivity index (χ4n) is 1.73.